The Balaban J connectivity index is 1.50. The van der Waals surface area contributed by atoms with Crippen molar-refractivity contribution >= 4 is 22.8 Å². The highest BCUT2D eigenvalue weighted by atomic mass is 16.4. The third-order valence-corrected chi connectivity index (χ3v) is 6.32. The lowest BCUT2D eigenvalue weighted by Gasteiger charge is -2.27. The van der Waals surface area contributed by atoms with Gasteiger partial charge >= 0.3 is 6.09 Å². The fraction of sp³-hybridized carbons (Fsp3) is 0.222. The maximum absolute atomic E-state index is 12.1. The fourth-order valence-electron chi connectivity index (χ4n) is 4.57. The third-order valence-electron chi connectivity index (χ3n) is 6.32. The maximum atomic E-state index is 12.1. The molecule has 2 heterocycles. The molecule has 2 N–H and O–H groups in total. The normalized spacial score (nSPS) is 15.6. The quantitative estimate of drug-likeness (QED) is 0.438. The van der Waals surface area contributed by atoms with E-state index in [1.54, 1.807) is 18.2 Å². The molecule has 0 aliphatic carbocycles. The molecule has 0 bridgehead atoms. The topological polar surface area (TPSA) is 89.8 Å². The molecule has 0 spiro atoms. The number of aromatic nitrogens is 2. The Hall–Kier alpha value is -4.13. The molecule has 1 amide bonds. The average Bonchev–Trinajstić information content (AvgIpc) is 3.32. The number of phenols is 1. The van der Waals surface area contributed by atoms with Crippen LogP contribution in [0.1, 0.15) is 17.5 Å². The van der Waals surface area contributed by atoms with Crippen molar-refractivity contribution in [3.63, 3.8) is 0 Å². The van der Waals surface area contributed by atoms with Gasteiger partial charge in [-0.25, -0.2) is 14.8 Å². The highest BCUT2D eigenvalue weighted by Crippen LogP contribution is 2.34. The average molecular weight is 455 g/mol. The SMILES string of the molecule is Cc1ccc2c(N3CCC(N(Cc4ccccc4)C(=O)O)C3)nc(-c3ccccc3O)nc2c1. The summed E-state index contributed by atoms with van der Waals surface area (Å²) in [4.78, 5) is 25.4. The summed E-state index contributed by atoms with van der Waals surface area (Å²) < 4.78 is 0. The number of aromatic hydroxyl groups is 1. The molecule has 1 aliphatic heterocycles. The summed E-state index contributed by atoms with van der Waals surface area (Å²) in [6, 6.07) is 22.6. The molecule has 1 aliphatic rings. The lowest BCUT2D eigenvalue weighted by Crippen LogP contribution is -2.40. The van der Waals surface area contributed by atoms with Gasteiger partial charge in [-0.3, -0.25) is 4.90 Å². The van der Waals surface area contributed by atoms with Crippen LogP contribution in [0.3, 0.4) is 0 Å². The van der Waals surface area contributed by atoms with Gasteiger partial charge in [-0.1, -0.05) is 48.5 Å². The predicted octanol–water partition coefficient (Wildman–Crippen LogP) is 5.07. The van der Waals surface area contributed by atoms with Crippen LogP contribution in [0, 0.1) is 6.92 Å². The van der Waals surface area contributed by atoms with E-state index in [9.17, 15) is 15.0 Å². The first kappa shape index (κ1) is 21.7. The van der Waals surface area contributed by atoms with Crippen molar-refractivity contribution in [1.29, 1.82) is 0 Å². The molecule has 1 aromatic heterocycles. The van der Waals surface area contributed by atoms with Gasteiger partial charge in [0.1, 0.15) is 11.6 Å². The summed E-state index contributed by atoms with van der Waals surface area (Å²) in [5.41, 5.74) is 3.41. The maximum Gasteiger partial charge on any atom is 0.407 e. The van der Waals surface area contributed by atoms with Gasteiger partial charge < -0.3 is 15.1 Å². The van der Waals surface area contributed by atoms with Crippen molar-refractivity contribution in [3.8, 4) is 17.1 Å². The van der Waals surface area contributed by atoms with Crippen LogP contribution in [0.15, 0.2) is 72.8 Å². The van der Waals surface area contributed by atoms with Crippen LogP contribution in [0.5, 0.6) is 5.75 Å². The number of phenolic OH excluding ortho intramolecular Hbond substituents is 1. The van der Waals surface area contributed by atoms with E-state index in [0.29, 0.717) is 37.4 Å². The molecule has 1 fully saturated rings. The molecule has 172 valence electrons. The van der Waals surface area contributed by atoms with Crippen molar-refractivity contribution < 1.29 is 15.0 Å². The number of para-hydroxylation sites is 1. The number of nitrogens with zero attached hydrogens (tertiary/aromatic N) is 4. The Bertz CT molecular complexity index is 1340. The number of anilines is 1. The van der Waals surface area contributed by atoms with Crippen molar-refractivity contribution in [2.75, 3.05) is 18.0 Å². The second-order valence-electron chi connectivity index (χ2n) is 8.69. The number of hydrogen-bond acceptors (Lipinski definition) is 5. The van der Waals surface area contributed by atoms with Crippen molar-refractivity contribution in [3.05, 3.63) is 83.9 Å². The number of aryl methyl sites for hydroxylation is 1. The molecular formula is C27H26N4O3. The van der Waals surface area contributed by atoms with Gasteiger partial charge in [-0.15, -0.1) is 0 Å². The molecule has 7 nitrogen and oxygen atoms in total. The number of rotatable bonds is 5. The first-order valence-corrected chi connectivity index (χ1v) is 11.3. The standard InChI is InChI=1S/C27H26N4O3/c1-18-11-12-21-23(15-18)28-25(22-9-5-6-10-24(22)32)29-26(21)30-14-13-20(17-30)31(27(33)34)16-19-7-3-2-4-8-19/h2-12,15,20,32H,13-14,16-17H2,1H3,(H,33,34). The number of hydrogen-bond donors (Lipinski definition) is 2. The minimum atomic E-state index is -0.922. The van der Waals surface area contributed by atoms with Crippen molar-refractivity contribution in [2.45, 2.75) is 25.9 Å². The lowest BCUT2D eigenvalue weighted by molar-refractivity contribution is 0.125. The fourth-order valence-corrected chi connectivity index (χ4v) is 4.57. The molecule has 1 atom stereocenters. The van der Waals surface area contributed by atoms with Gasteiger partial charge in [-0.05, 0) is 48.7 Å². The van der Waals surface area contributed by atoms with Crippen molar-refractivity contribution in [2.24, 2.45) is 0 Å². The number of benzene rings is 3. The van der Waals surface area contributed by atoms with E-state index in [4.69, 9.17) is 9.97 Å². The Labute approximate surface area is 197 Å². The number of carboxylic acid groups (broad SMARTS) is 1. The summed E-state index contributed by atoms with van der Waals surface area (Å²) in [5, 5.41) is 21.2. The van der Waals surface area contributed by atoms with Gasteiger partial charge in [0.05, 0.1) is 17.1 Å². The zero-order chi connectivity index (χ0) is 23.7. The number of carbonyl (C=O) groups is 1. The van der Waals surface area contributed by atoms with Crippen LogP contribution in [-0.4, -0.2) is 50.3 Å². The molecule has 0 saturated carbocycles. The van der Waals surface area contributed by atoms with E-state index in [2.05, 4.69) is 4.90 Å². The molecule has 4 aromatic rings. The minimum absolute atomic E-state index is 0.125. The Kier molecular flexibility index (Phi) is 5.76. The first-order valence-electron chi connectivity index (χ1n) is 11.3. The molecule has 3 aromatic carbocycles. The molecule has 7 heteroatoms. The summed E-state index contributed by atoms with van der Waals surface area (Å²) >= 11 is 0. The summed E-state index contributed by atoms with van der Waals surface area (Å²) in [6.07, 6.45) is -0.212. The zero-order valence-corrected chi connectivity index (χ0v) is 18.9. The molecule has 0 radical (unpaired) electrons. The largest absolute Gasteiger partial charge is 0.507 e. The predicted molar refractivity (Wildman–Crippen MR) is 132 cm³/mol. The van der Waals surface area contributed by atoms with Crippen molar-refractivity contribution in [1.82, 2.24) is 14.9 Å². The van der Waals surface area contributed by atoms with Gasteiger partial charge in [0, 0.05) is 25.0 Å². The number of fused-ring (bicyclic) bond motifs is 1. The van der Waals surface area contributed by atoms with Crippen LogP contribution in [0.2, 0.25) is 0 Å². The number of amides is 1. The van der Waals surface area contributed by atoms with E-state index in [1.165, 1.54) is 4.90 Å². The zero-order valence-electron chi connectivity index (χ0n) is 18.9. The van der Waals surface area contributed by atoms with Gasteiger partial charge in [0.2, 0.25) is 0 Å². The van der Waals surface area contributed by atoms with E-state index in [-0.39, 0.29) is 11.8 Å². The minimum Gasteiger partial charge on any atom is -0.507 e. The first-order chi connectivity index (χ1) is 16.5. The van der Waals surface area contributed by atoms with E-state index >= 15 is 0 Å². The van der Waals surface area contributed by atoms with E-state index < -0.39 is 6.09 Å². The smallest absolute Gasteiger partial charge is 0.407 e. The van der Waals surface area contributed by atoms with Crippen LogP contribution in [0.4, 0.5) is 10.6 Å². The Morgan fingerprint density at radius 1 is 1.06 bits per heavy atom. The second-order valence-corrected chi connectivity index (χ2v) is 8.69. The summed E-state index contributed by atoms with van der Waals surface area (Å²) in [5.74, 6) is 1.34. The van der Waals surface area contributed by atoms with E-state index in [1.807, 2.05) is 61.5 Å². The Morgan fingerprint density at radius 3 is 2.59 bits per heavy atom. The van der Waals surface area contributed by atoms with Crippen LogP contribution < -0.4 is 4.90 Å². The van der Waals surface area contributed by atoms with Crippen LogP contribution in [0.25, 0.3) is 22.3 Å². The van der Waals surface area contributed by atoms with Crippen LogP contribution in [-0.2, 0) is 6.54 Å². The molecule has 34 heavy (non-hydrogen) atoms. The molecule has 5 rings (SSSR count). The van der Waals surface area contributed by atoms with Crippen LogP contribution >= 0.6 is 0 Å². The van der Waals surface area contributed by atoms with E-state index in [0.717, 1.165) is 27.8 Å². The Morgan fingerprint density at radius 2 is 1.82 bits per heavy atom. The molecular weight excluding hydrogens is 428 g/mol. The van der Waals surface area contributed by atoms with Gasteiger partial charge in [-0.2, -0.15) is 0 Å². The molecule has 1 unspecified atom stereocenters. The molecule has 1 saturated heterocycles. The summed E-state index contributed by atoms with van der Waals surface area (Å²) in [6.45, 7) is 3.59. The monoisotopic (exact) mass is 454 g/mol. The van der Waals surface area contributed by atoms with Gasteiger partial charge in [0.15, 0.2) is 5.82 Å². The second kappa shape index (κ2) is 9.02. The third kappa shape index (κ3) is 4.24. The summed E-state index contributed by atoms with van der Waals surface area (Å²) in [7, 11) is 0. The highest BCUT2D eigenvalue weighted by Gasteiger charge is 2.32. The lowest BCUT2D eigenvalue weighted by atomic mass is 10.1. The van der Waals surface area contributed by atoms with Gasteiger partial charge in [0.25, 0.3) is 0 Å². The highest BCUT2D eigenvalue weighted by molar-refractivity contribution is 5.92.